The largest absolute Gasteiger partial charge is 0.356 e. The van der Waals surface area contributed by atoms with Crippen LogP contribution in [0.2, 0.25) is 0 Å². The highest BCUT2D eigenvalue weighted by molar-refractivity contribution is 5.85. The van der Waals surface area contributed by atoms with Crippen LogP contribution in [0.1, 0.15) is 17.7 Å². The fraction of sp³-hybridized carbons (Fsp3) is 0.526. The summed E-state index contributed by atoms with van der Waals surface area (Å²) in [5.74, 6) is -1.20. The van der Waals surface area contributed by atoms with Crippen molar-refractivity contribution < 1.29 is 13.6 Å². The van der Waals surface area contributed by atoms with E-state index in [2.05, 4.69) is 34.2 Å². The van der Waals surface area contributed by atoms with Gasteiger partial charge in [-0.25, -0.2) is 8.78 Å². The van der Waals surface area contributed by atoms with E-state index in [1.807, 2.05) is 6.92 Å². The smallest absolute Gasteiger partial charge is 0.234 e. The van der Waals surface area contributed by atoms with Gasteiger partial charge in [0.2, 0.25) is 5.91 Å². The maximum Gasteiger partial charge on any atom is 0.234 e. The molecule has 0 radical (unpaired) electrons. The van der Waals surface area contributed by atoms with Crippen LogP contribution < -0.4 is 5.32 Å². The summed E-state index contributed by atoms with van der Waals surface area (Å²) in [4.78, 5) is 19.5. The first-order chi connectivity index (χ1) is 12.3. The van der Waals surface area contributed by atoms with Gasteiger partial charge in [-0.2, -0.15) is 0 Å². The summed E-state index contributed by atoms with van der Waals surface area (Å²) in [6.45, 7) is 4.49. The number of aromatic amines is 1. The summed E-state index contributed by atoms with van der Waals surface area (Å²) in [5, 5.41) is 3.46. The van der Waals surface area contributed by atoms with Gasteiger partial charge in [-0.1, -0.05) is 0 Å². The molecule has 1 atom stereocenters. The Morgan fingerprint density at radius 3 is 2.85 bits per heavy atom. The molecule has 1 saturated heterocycles. The van der Waals surface area contributed by atoms with E-state index < -0.39 is 11.6 Å². The number of carbonyl (C=O) groups excluding carboxylic acids is 1. The van der Waals surface area contributed by atoms with Gasteiger partial charge in [0.05, 0.1) is 12.1 Å². The molecule has 1 amide bonds. The van der Waals surface area contributed by atoms with Crippen molar-refractivity contribution in [2.45, 2.75) is 25.8 Å². The zero-order valence-corrected chi connectivity index (χ0v) is 15.5. The Morgan fingerprint density at radius 1 is 1.38 bits per heavy atom. The van der Waals surface area contributed by atoms with E-state index in [1.165, 1.54) is 6.07 Å². The number of amides is 1. The number of likely N-dealkylation sites (tertiary alicyclic amines) is 1. The van der Waals surface area contributed by atoms with Crippen molar-refractivity contribution in [3.05, 3.63) is 35.0 Å². The molecule has 2 N–H and O–H groups in total. The molecule has 2 heterocycles. The SMILES string of the molecule is Cc1[nH]c2c(F)cc(F)cc2c1CCNC(=O)CN1CC[C@H](N(C)C)C1. The van der Waals surface area contributed by atoms with Gasteiger partial charge >= 0.3 is 0 Å². The van der Waals surface area contributed by atoms with Crippen molar-refractivity contribution in [3.63, 3.8) is 0 Å². The minimum absolute atomic E-state index is 0.0146. The van der Waals surface area contributed by atoms with Crippen molar-refractivity contribution in [2.75, 3.05) is 40.3 Å². The molecule has 0 spiro atoms. The molecule has 0 bridgehead atoms. The molecule has 1 aliphatic rings. The maximum atomic E-state index is 13.9. The van der Waals surface area contributed by atoms with Crippen LogP contribution in [0.15, 0.2) is 12.1 Å². The van der Waals surface area contributed by atoms with Crippen molar-refractivity contribution >= 4 is 16.8 Å². The summed E-state index contributed by atoms with van der Waals surface area (Å²) in [7, 11) is 4.12. The highest BCUT2D eigenvalue weighted by Gasteiger charge is 2.25. The van der Waals surface area contributed by atoms with E-state index in [9.17, 15) is 13.6 Å². The monoisotopic (exact) mass is 364 g/mol. The molecule has 0 unspecified atom stereocenters. The second kappa shape index (κ2) is 7.72. The summed E-state index contributed by atoms with van der Waals surface area (Å²) in [6, 6.07) is 2.72. The number of aryl methyl sites for hydroxylation is 1. The molecule has 2 aromatic rings. The maximum absolute atomic E-state index is 13.9. The van der Waals surface area contributed by atoms with E-state index in [1.54, 1.807) is 0 Å². The third kappa shape index (κ3) is 4.04. The Labute approximate surface area is 152 Å². The summed E-state index contributed by atoms with van der Waals surface area (Å²) in [6.07, 6.45) is 1.60. The number of carbonyl (C=O) groups is 1. The number of likely N-dealkylation sites (N-methyl/N-ethyl adjacent to an activating group) is 1. The van der Waals surface area contributed by atoms with Gasteiger partial charge in [-0.05, 0) is 45.5 Å². The molecule has 5 nitrogen and oxygen atoms in total. The Hall–Kier alpha value is -1.99. The van der Waals surface area contributed by atoms with Gasteiger partial charge in [0.15, 0.2) is 0 Å². The average Bonchev–Trinajstić information content (AvgIpc) is 3.13. The Kier molecular flexibility index (Phi) is 5.58. The van der Waals surface area contributed by atoms with Gasteiger partial charge in [0, 0.05) is 42.8 Å². The molecule has 1 aliphatic heterocycles. The Balaban J connectivity index is 1.54. The van der Waals surface area contributed by atoms with Crippen molar-refractivity contribution in [3.8, 4) is 0 Å². The van der Waals surface area contributed by atoms with Crippen molar-refractivity contribution in [1.82, 2.24) is 20.1 Å². The normalized spacial score (nSPS) is 18.2. The molecule has 3 rings (SSSR count). The second-order valence-electron chi connectivity index (χ2n) is 7.28. The minimum atomic E-state index is -0.595. The summed E-state index contributed by atoms with van der Waals surface area (Å²) >= 11 is 0. The first kappa shape index (κ1) is 18.8. The van der Waals surface area contributed by atoms with Gasteiger partial charge in [0.25, 0.3) is 0 Å². The number of H-pyrrole nitrogens is 1. The number of halogens is 2. The van der Waals surface area contributed by atoms with Gasteiger partial charge in [-0.15, -0.1) is 0 Å². The Morgan fingerprint density at radius 2 is 2.15 bits per heavy atom. The molecular formula is C19H26F2N4O. The van der Waals surface area contributed by atoms with E-state index in [4.69, 9.17) is 0 Å². The van der Waals surface area contributed by atoms with Crippen LogP contribution in [0.25, 0.3) is 10.9 Å². The predicted octanol–water partition coefficient (Wildman–Crippen LogP) is 2.05. The van der Waals surface area contributed by atoms with Gasteiger partial charge < -0.3 is 15.2 Å². The quantitative estimate of drug-likeness (QED) is 0.825. The van der Waals surface area contributed by atoms with E-state index >= 15 is 0 Å². The standard InChI is InChI=1S/C19H26F2N4O/c1-12-15(16-8-13(20)9-17(21)19(16)23-12)4-6-22-18(26)11-25-7-5-14(10-25)24(2)3/h8-9,14,23H,4-7,10-11H2,1-3H3,(H,22,26)/t14-/m0/s1. The molecule has 7 heteroatoms. The third-order valence-corrected chi connectivity index (χ3v) is 5.19. The van der Waals surface area contributed by atoms with Crippen molar-refractivity contribution in [1.29, 1.82) is 0 Å². The summed E-state index contributed by atoms with van der Waals surface area (Å²) < 4.78 is 27.4. The third-order valence-electron chi connectivity index (χ3n) is 5.19. The molecule has 1 aromatic heterocycles. The highest BCUT2D eigenvalue weighted by Crippen LogP contribution is 2.25. The minimum Gasteiger partial charge on any atom is -0.356 e. The van der Waals surface area contributed by atoms with Crippen LogP contribution in [-0.4, -0.2) is 67.0 Å². The highest BCUT2D eigenvalue weighted by atomic mass is 19.1. The first-order valence-electron chi connectivity index (χ1n) is 8.97. The van der Waals surface area contributed by atoms with E-state index in [0.29, 0.717) is 36.5 Å². The lowest BCUT2D eigenvalue weighted by Gasteiger charge is -2.20. The number of fused-ring (bicyclic) bond motifs is 1. The molecule has 26 heavy (non-hydrogen) atoms. The number of nitrogens with one attached hydrogen (secondary N) is 2. The average molecular weight is 364 g/mol. The number of benzene rings is 1. The zero-order chi connectivity index (χ0) is 18.8. The van der Waals surface area contributed by atoms with Crippen LogP contribution in [0.5, 0.6) is 0 Å². The summed E-state index contributed by atoms with van der Waals surface area (Å²) in [5.41, 5.74) is 1.96. The number of nitrogens with zero attached hydrogens (tertiary/aromatic N) is 2. The van der Waals surface area contributed by atoms with Crippen LogP contribution in [0, 0.1) is 18.6 Å². The first-order valence-corrected chi connectivity index (χ1v) is 8.97. The topological polar surface area (TPSA) is 51.4 Å². The van der Waals surface area contributed by atoms with E-state index in [0.717, 1.165) is 36.8 Å². The fourth-order valence-electron chi connectivity index (χ4n) is 3.69. The van der Waals surface area contributed by atoms with E-state index in [-0.39, 0.29) is 5.91 Å². The molecular weight excluding hydrogens is 338 g/mol. The van der Waals surface area contributed by atoms with Gasteiger partial charge in [-0.3, -0.25) is 9.69 Å². The van der Waals surface area contributed by atoms with Crippen LogP contribution in [0.4, 0.5) is 8.78 Å². The van der Waals surface area contributed by atoms with Crippen LogP contribution in [0.3, 0.4) is 0 Å². The molecule has 1 aromatic carbocycles. The lowest BCUT2D eigenvalue weighted by Crippen LogP contribution is -2.38. The second-order valence-corrected chi connectivity index (χ2v) is 7.28. The number of hydrogen-bond acceptors (Lipinski definition) is 3. The van der Waals surface area contributed by atoms with Crippen LogP contribution in [-0.2, 0) is 11.2 Å². The fourth-order valence-corrected chi connectivity index (χ4v) is 3.69. The Bertz CT molecular complexity index is 802. The molecule has 142 valence electrons. The van der Waals surface area contributed by atoms with Crippen molar-refractivity contribution in [2.24, 2.45) is 0 Å². The lowest BCUT2D eigenvalue weighted by molar-refractivity contribution is -0.122. The van der Waals surface area contributed by atoms with Gasteiger partial charge in [0.1, 0.15) is 11.6 Å². The zero-order valence-electron chi connectivity index (χ0n) is 15.5. The molecule has 1 fully saturated rings. The van der Waals surface area contributed by atoms with Crippen LogP contribution >= 0.6 is 0 Å². The lowest BCUT2D eigenvalue weighted by atomic mass is 10.1. The molecule has 0 saturated carbocycles. The number of rotatable bonds is 6. The predicted molar refractivity (Wildman–Crippen MR) is 98.2 cm³/mol. The number of aromatic nitrogens is 1. The number of hydrogen-bond donors (Lipinski definition) is 2. The molecule has 0 aliphatic carbocycles.